The van der Waals surface area contributed by atoms with E-state index in [4.69, 9.17) is 4.74 Å². The van der Waals surface area contributed by atoms with E-state index < -0.39 is 5.60 Å². The first-order chi connectivity index (χ1) is 11.1. The predicted octanol–water partition coefficient (Wildman–Crippen LogP) is 3.36. The van der Waals surface area contributed by atoms with Crippen molar-refractivity contribution in [2.75, 3.05) is 13.1 Å². The van der Waals surface area contributed by atoms with Gasteiger partial charge in [0, 0.05) is 37.9 Å². The first-order valence-electron chi connectivity index (χ1n) is 8.41. The number of ether oxygens (including phenoxy) is 1. The zero-order valence-electron chi connectivity index (χ0n) is 15.5. The summed E-state index contributed by atoms with van der Waals surface area (Å²) >= 11 is 0. The van der Waals surface area contributed by atoms with Crippen molar-refractivity contribution in [3.05, 3.63) is 29.3 Å². The van der Waals surface area contributed by atoms with E-state index in [1.54, 1.807) is 11.1 Å². The quantitative estimate of drug-likeness (QED) is 0.830. The number of hydrogen-bond donors (Lipinski definition) is 0. The Kier molecular flexibility index (Phi) is 5.48. The molecular formula is C18H28FN3O2. The third-order valence-corrected chi connectivity index (χ3v) is 4.15. The Hall–Kier alpha value is -1.69. The fourth-order valence-corrected chi connectivity index (χ4v) is 2.86. The molecule has 1 aliphatic heterocycles. The monoisotopic (exact) mass is 337 g/mol. The molecule has 0 bridgehead atoms. The summed E-state index contributed by atoms with van der Waals surface area (Å²) in [5, 5.41) is 0. The molecule has 24 heavy (non-hydrogen) atoms. The predicted molar refractivity (Wildman–Crippen MR) is 91.2 cm³/mol. The molecule has 6 heteroatoms. The minimum Gasteiger partial charge on any atom is -0.444 e. The van der Waals surface area contributed by atoms with E-state index in [1.165, 1.54) is 6.07 Å². The Morgan fingerprint density at radius 3 is 2.58 bits per heavy atom. The molecule has 0 radical (unpaired) electrons. The van der Waals surface area contributed by atoms with Crippen molar-refractivity contribution in [1.29, 1.82) is 0 Å². The van der Waals surface area contributed by atoms with Crippen LogP contribution >= 0.6 is 0 Å². The van der Waals surface area contributed by atoms with E-state index in [2.05, 4.69) is 9.88 Å². The first-order valence-corrected chi connectivity index (χ1v) is 8.41. The number of hydrogen-bond acceptors (Lipinski definition) is 4. The van der Waals surface area contributed by atoms with Crippen molar-refractivity contribution in [3.8, 4) is 0 Å². The molecule has 134 valence electrons. The highest BCUT2D eigenvalue weighted by atomic mass is 19.1. The second-order valence-corrected chi connectivity index (χ2v) is 7.70. The molecule has 0 saturated carbocycles. The van der Waals surface area contributed by atoms with Gasteiger partial charge in [0.05, 0.1) is 5.69 Å². The number of amides is 1. The van der Waals surface area contributed by atoms with Gasteiger partial charge in [0.25, 0.3) is 0 Å². The molecule has 5 nitrogen and oxygen atoms in total. The van der Waals surface area contributed by atoms with Crippen LogP contribution in [0, 0.1) is 12.7 Å². The largest absolute Gasteiger partial charge is 0.444 e. The molecule has 1 aromatic rings. The van der Waals surface area contributed by atoms with Crippen LogP contribution in [0.1, 0.15) is 45.9 Å². The van der Waals surface area contributed by atoms with Crippen molar-refractivity contribution >= 4 is 6.09 Å². The lowest BCUT2D eigenvalue weighted by Gasteiger charge is -2.44. The molecule has 1 aliphatic rings. The first kappa shape index (κ1) is 18.6. The van der Waals surface area contributed by atoms with Gasteiger partial charge in [-0.05, 0) is 53.2 Å². The Morgan fingerprint density at radius 1 is 1.33 bits per heavy atom. The topological polar surface area (TPSA) is 45.7 Å². The third-order valence-electron chi connectivity index (χ3n) is 4.15. The van der Waals surface area contributed by atoms with Gasteiger partial charge in [-0.3, -0.25) is 9.88 Å². The molecule has 1 saturated heterocycles. The smallest absolute Gasteiger partial charge is 0.410 e. The van der Waals surface area contributed by atoms with Gasteiger partial charge in [0.15, 0.2) is 0 Å². The summed E-state index contributed by atoms with van der Waals surface area (Å²) in [6.45, 7) is 13.1. The van der Waals surface area contributed by atoms with E-state index in [0.29, 0.717) is 25.3 Å². The van der Waals surface area contributed by atoms with E-state index in [1.807, 2.05) is 41.5 Å². The Bertz CT molecular complexity index is 600. The summed E-state index contributed by atoms with van der Waals surface area (Å²) in [5.41, 5.74) is 0.754. The number of nitrogens with zero attached hydrogens (tertiary/aromatic N) is 3. The van der Waals surface area contributed by atoms with Gasteiger partial charge < -0.3 is 9.64 Å². The van der Waals surface area contributed by atoms with Crippen LogP contribution in [0.25, 0.3) is 0 Å². The van der Waals surface area contributed by atoms with Crippen LogP contribution in [-0.4, -0.2) is 51.7 Å². The van der Waals surface area contributed by atoms with Crippen LogP contribution in [0.5, 0.6) is 0 Å². The molecule has 0 unspecified atom stereocenters. The summed E-state index contributed by atoms with van der Waals surface area (Å²) in [4.78, 5) is 20.5. The molecule has 2 atom stereocenters. The Labute approximate surface area is 143 Å². The molecular weight excluding hydrogens is 309 g/mol. The van der Waals surface area contributed by atoms with Crippen molar-refractivity contribution in [3.63, 3.8) is 0 Å². The lowest BCUT2D eigenvalue weighted by Crippen LogP contribution is -2.58. The third kappa shape index (κ3) is 4.66. The van der Waals surface area contributed by atoms with E-state index in [9.17, 15) is 9.18 Å². The van der Waals surface area contributed by atoms with Crippen LogP contribution in [0.4, 0.5) is 9.18 Å². The minimum absolute atomic E-state index is 0.00422. The van der Waals surface area contributed by atoms with Gasteiger partial charge in [0.2, 0.25) is 0 Å². The number of carbonyl (C=O) groups is 1. The molecule has 2 rings (SSSR count). The number of carbonyl (C=O) groups excluding carboxylic acids is 1. The van der Waals surface area contributed by atoms with Gasteiger partial charge in [0.1, 0.15) is 11.4 Å². The standard InChI is InChI=1S/C18H28FN3O2/c1-12-7-15(19)16(20-8-12)11-21-9-14(3)22(10-13(21)2)17(23)24-18(4,5)6/h7-8,13-14H,9-11H2,1-6H3/t13-,14+/m0/s1. The summed E-state index contributed by atoms with van der Waals surface area (Å²) < 4.78 is 19.5. The zero-order valence-corrected chi connectivity index (χ0v) is 15.5. The Morgan fingerprint density at radius 2 is 2.00 bits per heavy atom. The van der Waals surface area contributed by atoms with Gasteiger partial charge in [-0.2, -0.15) is 0 Å². The fourth-order valence-electron chi connectivity index (χ4n) is 2.86. The molecule has 0 N–H and O–H groups in total. The maximum Gasteiger partial charge on any atom is 0.410 e. The zero-order chi connectivity index (χ0) is 18.1. The second-order valence-electron chi connectivity index (χ2n) is 7.70. The molecule has 1 fully saturated rings. The average molecular weight is 337 g/mol. The number of aryl methyl sites for hydroxylation is 1. The lowest BCUT2D eigenvalue weighted by molar-refractivity contribution is -0.0121. The van der Waals surface area contributed by atoms with E-state index >= 15 is 0 Å². The molecule has 0 aliphatic carbocycles. The number of piperazine rings is 1. The van der Waals surface area contributed by atoms with Crippen LogP contribution in [0.3, 0.4) is 0 Å². The molecule has 1 aromatic heterocycles. The summed E-state index contributed by atoms with van der Waals surface area (Å²) in [6, 6.07) is 1.62. The van der Waals surface area contributed by atoms with Gasteiger partial charge in [-0.15, -0.1) is 0 Å². The van der Waals surface area contributed by atoms with Gasteiger partial charge in [-0.1, -0.05) is 0 Å². The van der Waals surface area contributed by atoms with Crippen molar-refractivity contribution in [2.24, 2.45) is 0 Å². The lowest BCUT2D eigenvalue weighted by atomic mass is 10.1. The maximum atomic E-state index is 14.0. The van der Waals surface area contributed by atoms with Crippen molar-refractivity contribution < 1.29 is 13.9 Å². The fraction of sp³-hybridized carbons (Fsp3) is 0.667. The van der Waals surface area contributed by atoms with Crippen LogP contribution in [0.2, 0.25) is 0 Å². The highest BCUT2D eigenvalue weighted by Gasteiger charge is 2.34. The van der Waals surface area contributed by atoms with E-state index in [0.717, 1.165) is 5.56 Å². The molecule has 1 amide bonds. The number of rotatable bonds is 2. The minimum atomic E-state index is -0.508. The number of aromatic nitrogens is 1. The van der Waals surface area contributed by atoms with Crippen LogP contribution < -0.4 is 0 Å². The SMILES string of the molecule is Cc1cnc(CN2C[C@@H](C)N(C(=O)OC(C)(C)C)C[C@@H]2C)c(F)c1. The van der Waals surface area contributed by atoms with Gasteiger partial charge in [-0.25, -0.2) is 9.18 Å². The summed E-state index contributed by atoms with van der Waals surface area (Å²) in [7, 11) is 0. The molecule has 2 heterocycles. The maximum absolute atomic E-state index is 14.0. The molecule has 0 spiro atoms. The van der Waals surface area contributed by atoms with Gasteiger partial charge >= 0.3 is 6.09 Å². The highest BCUT2D eigenvalue weighted by Crippen LogP contribution is 2.21. The van der Waals surface area contributed by atoms with Crippen molar-refractivity contribution in [1.82, 2.24) is 14.8 Å². The van der Waals surface area contributed by atoms with Crippen LogP contribution in [0.15, 0.2) is 12.3 Å². The summed E-state index contributed by atoms with van der Waals surface area (Å²) in [6.07, 6.45) is 1.39. The molecule has 0 aromatic carbocycles. The summed E-state index contributed by atoms with van der Waals surface area (Å²) in [5.74, 6) is -0.274. The Balaban J connectivity index is 2.03. The second kappa shape index (κ2) is 7.05. The highest BCUT2D eigenvalue weighted by molar-refractivity contribution is 5.68. The number of halogens is 1. The van der Waals surface area contributed by atoms with E-state index in [-0.39, 0.29) is 24.0 Å². The van der Waals surface area contributed by atoms with Crippen molar-refractivity contribution in [2.45, 2.75) is 65.8 Å². The average Bonchev–Trinajstić information content (AvgIpc) is 2.43. The van der Waals surface area contributed by atoms with Crippen LogP contribution in [-0.2, 0) is 11.3 Å². The number of pyridine rings is 1. The normalized spacial score (nSPS) is 22.5.